The molecule has 3 heterocycles. The monoisotopic (exact) mass is 780 g/mol. The second-order valence-electron chi connectivity index (χ2n) is 17.0. The van der Waals surface area contributed by atoms with Crippen molar-refractivity contribution >= 4 is 46.3 Å². The van der Waals surface area contributed by atoms with Crippen molar-refractivity contribution in [3.05, 3.63) is 78.0 Å². The van der Waals surface area contributed by atoms with E-state index in [2.05, 4.69) is 29.0 Å². The fourth-order valence-corrected chi connectivity index (χ4v) is 7.76. The maximum Gasteiger partial charge on any atom is 0.421 e. The van der Waals surface area contributed by atoms with E-state index >= 15 is 4.79 Å². The number of benzene rings is 3. The van der Waals surface area contributed by atoms with E-state index in [-0.39, 0.29) is 36.7 Å². The number of imide groups is 1. The van der Waals surface area contributed by atoms with Gasteiger partial charge in [0, 0.05) is 54.5 Å². The zero-order valence-corrected chi connectivity index (χ0v) is 34.0. The van der Waals surface area contributed by atoms with Crippen LogP contribution in [0.3, 0.4) is 0 Å². The molecule has 0 bridgehead atoms. The lowest BCUT2D eigenvalue weighted by molar-refractivity contribution is -0.124. The predicted molar refractivity (Wildman–Crippen MR) is 215 cm³/mol. The number of piperidine rings is 1. The van der Waals surface area contributed by atoms with Crippen LogP contribution in [0.4, 0.5) is 21.0 Å². The molecule has 0 spiro atoms. The van der Waals surface area contributed by atoms with E-state index < -0.39 is 35.2 Å². The van der Waals surface area contributed by atoms with Crippen molar-refractivity contribution in [2.24, 2.45) is 5.92 Å². The van der Waals surface area contributed by atoms with Crippen molar-refractivity contribution in [2.45, 2.75) is 90.5 Å². The minimum atomic E-state index is -0.841. The molecular formula is C44H52N4O9. The van der Waals surface area contributed by atoms with E-state index in [4.69, 9.17) is 23.7 Å². The van der Waals surface area contributed by atoms with E-state index in [0.717, 1.165) is 39.8 Å². The summed E-state index contributed by atoms with van der Waals surface area (Å²) in [5, 5.41) is 1.02. The number of carbonyl (C=O) groups is 4. The number of fused-ring (bicyclic) bond motifs is 2. The number of hydrogen-bond donors (Lipinski definition) is 0. The number of amides is 4. The average Bonchev–Trinajstić information content (AvgIpc) is 3.91. The van der Waals surface area contributed by atoms with Gasteiger partial charge in [-0.3, -0.25) is 9.59 Å². The van der Waals surface area contributed by atoms with Crippen LogP contribution in [-0.4, -0.2) is 84.6 Å². The molecule has 2 aliphatic heterocycles. The normalized spacial score (nSPS) is 18.4. The first kappa shape index (κ1) is 39.5. The van der Waals surface area contributed by atoms with Crippen LogP contribution in [0.1, 0.15) is 77.8 Å². The van der Waals surface area contributed by atoms with Gasteiger partial charge in [0.1, 0.15) is 28.5 Å². The molecule has 0 radical (unpaired) electrons. The first-order valence-corrected chi connectivity index (χ1v) is 19.5. The number of nitrogens with zero attached hydrogens (tertiary/aromatic N) is 4. The standard InChI is InChI=1S/C44H52N4O9/c1-43(2,3)56-41(51)46-19-16-33(32-10-9-11-36-34(32)17-18-45(36)24-27-20-30(53-7)23-31(21-27)54-8)35(25-46)40(50)47(28-12-13-28)29-14-15-38-37(22-29)48(39(49)26-55-38)42(52)57-44(4,5)6/h9-11,14-15,17-18,20-23,28,33,35H,12-13,16,19,24-26H2,1-8H3/t33-,35+/m1/s1. The molecule has 2 atom stereocenters. The predicted octanol–water partition coefficient (Wildman–Crippen LogP) is 7.90. The van der Waals surface area contributed by atoms with Crippen LogP contribution in [0.5, 0.6) is 17.2 Å². The Morgan fingerprint density at radius 2 is 1.53 bits per heavy atom. The quantitative estimate of drug-likeness (QED) is 0.175. The van der Waals surface area contributed by atoms with Crippen LogP contribution in [0.15, 0.2) is 66.9 Å². The third-order valence-electron chi connectivity index (χ3n) is 10.4. The highest BCUT2D eigenvalue weighted by Crippen LogP contribution is 2.44. The molecule has 0 N–H and O–H groups in total. The largest absolute Gasteiger partial charge is 0.497 e. The number of hydrogen-bond acceptors (Lipinski definition) is 9. The third kappa shape index (κ3) is 8.52. The van der Waals surface area contributed by atoms with Crippen molar-refractivity contribution in [1.29, 1.82) is 0 Å². The molecule has 1 saturated heterocycles. The van der Waals surface area contributed by atoms with E-state index in [1.54, 1.807) is 63.0 Å². The first-order chi connectivity index (χ1) is 27.0. The number of methoxy groups -OCH3 is 2. The van der Waals surface area contributed by atoms with Gasteiger partial charge in [-0.05, 0) is 120 Å². The highest BCUT2D eigenvalue weighted by Gasteiger charge is 2.45. The van der Waals surface area contributed by atoms with E-state index in [0.29, 0.717) is 42.4 Å². The maximum absolute atomic E-state index is 15.3. The SMILES string of the molecule is COc1cc(Cn2ccc3c([C@H]4CCN(C(=O)OC(C)(C)C)C[C@@H]4C(=O)N(c4ccc5c(c4)N(C(=O)OC(C)(C)C)C(=O)CO5)C4CC4)cccc32)cc(OC)c1. The Hall–Kier alpha value is -5.72. The van der Waals surface area contributed by atoms with Gasteiger partial charge in [0.25, 0.3) is 5.91 Å². The summed E-state index contributed by atoms with van der Waals surface area (Å²) in [6, 6.07) is 19.1. The van der Waals surface area contributed by atoms with Gasteiger partial charge < -0.3 is 38.1 Å². The van der Waals surface area contributed by atoms with Crippen molar-refractivity contribution in [3.8, 4) is 17.2 Å². The first-order valence-electron chi connectivity index (χ1n) is 19.5. The van der Waals surface area contributed by atoms with E-state index in [1.165, 1.54) is 0 Å². The molecule has 13 heteroatoms. The Labute approximate surface area is 333 Å². The van der Waals surface area contributed by atoms with Crippen molar-refractivity contribution in [1.82, 2.24) is 9.47 Å². The van der Waals surface area contributed by atoms with Gasteiger partial charge in [-0.1, -0.05) is 12.1 Å². The lowest BCUT2D eigenvalue weighted by atomic mass is 9.78. The molecule has 3 aliphatic rings. The van der Waals surface area contributed by atoms with Crippen molar-refractivity contribution in [2.75, 3.05) is 43.7 Å². The summed E-state index contributed by atoms with van der Waals surface area (Å²) in [5.74, 6) is 0.147. The van der Waals surface area contributed by atoms with Gasteiger partial charge in [0.15, 0.2) is 6.61 Å². The zero-order chi connectivity index (χ0) is 40.8. The van der Waals surface area contributed by atoms with Crippen molar-refractivity contribution < 1.29 is 42.9 Å². The second kappa shape index (κ2) is 15.3. The molecule has 3 aromatic carbocycles. The molecule has 4 aromatic rings. The van der Waals surface area contributed by atoms with E-state index in [1.807, 2.05) is 45.0 Å². The van der Waals surface area contributed by atoms with Gasteiger partial charge in [0.2, 0.25) is 5.91 Å². The summed E-state index contributed by atoms with van der Waals surface area (Å²) in [6.45, 7) is 11.5. The summed E-state index contributed by atoms with van der Waals surface area (Å²) in [6.07, 6.45) is 2.88. The van der Waals surface area contributed by atoms with Gasteiger partial charge in [-0.25, -0.2) is 14.5 Å². The summed E-state index contributed by atoms with van der Waals surface area (Å²) in [7, 11) is 3.26. The number of ether oxygens (including phenoxy) is 5. The highest BCUT2D eigenvalue weighted by atomic mass is 16.6. The van der Waals surface area contributed by atoms with Crippen LogP contribution in [0, 0.1) is 5.92 Å². The van der Waals surface area contributed by atoms with Crippen LogP contribution >= 0.6 is 0 Å². The average molecular weight is 781 g/mol. The van der Waals surface area contributed by atoms with E-state index in [9.17, 15) is 14.4 Å². The molecule has 7 rings (SSSR count). The topological polar surface area (TPSA) is 129 Å². The second-order valence-corrected chi connectivity index (χ2v) is 17.0. The Bertz CT molecular complexity index is 2170. The van der Waals surface area contributed by atoms with Crippen LogP contribution in [-0.2, 0) is 25.6 Å². The molecule has 57 heavy (non-hydrogen) atoms. The Kier molecular flexibility index (Phi) is 10.6. The lowest BCUT2D eigenvalue weighted by Crippen LogP contribution is -2.51. The van der Waals surface area contributed by atoms with Gasteiger partial charge in [-0.2, -0.15) is 0 Å². The minimum Gasteiger partial charge on any atom is -0.497 e. The fraction of sp³-hybridized carbons (Fsp3) is 0.455. The maximum atomic E-state index is 15.3. The molecule has 1 aromatic heterocycles. The third-order valence-corrected chi connectivity index (χ3v) is 10.4. The number of likely N-dealkylation sites (tertiary alicyclic amines) is 1. The Morgan fingerprint density at radius 1 is 0.842 bits per heavy atom. The molecule has 13 nitrogen and oxygen atoms in total. The molecular weight excluding hydrogens is 729 g/mol. The lowest BCUT2D eigenvalue weighted by Gasteiger charge is -2.41. The number of aromatic nitrogens is 1. The Balaban J connectivity index is 1.26. The number of rotatable bonds is 8. The molecule has 0 unspecified atom stereocenters. The van der Waals surface area contributed by atoms with Crippen molar-refractivity contribution in [3.63, 3.8) is 0 Å². The van der Waals surface area contributed by atoms with Gasteiger partial charge in [0.05, 0.1) is 25.8 Å². The summed E-state index contributed by atoms with van der Waals surface area (Å²) >= 11 is 0. The molecule has 2 fully saturated rings. The summed E-state index contributed by atoms with van der Waals surface area (Å²) < 4.78 is 30.3. The smallest absolute Gasteiger partial charge is 0.421 e. The fourth-order valence-electron chi connectivity index (χ4n) is 7.76. The van der Waals surface area contributed by atoms with Gasteiger partial charge >= 0.3 is 12.2 Å². The molecule has 1 aliphatic carbocycles. The number of carbonyl (C=O) groups excluding carboxylic acids is 4. The highest BCUT2D eigenvalue weighted by molar-refractivity contribution is 6.15. The summed E-state index contributed by atoms with van der Waals surface area (Å²) in [5.41, 5.74) is 2.23. The number of anilines is 2. The van der Waals surface area contributed by atoms with Crippen LogP contribution in [0.25, 0.3) is 10.9 Å². The van der Waals surface area contributed by atoms with Crippen LogP contribution in [0.2, 0.25) is 0 Å². The van der Waals surface area contributed by atoms with Gasteiger partial charge in [-0.15, -0.1) is 0 Å². The molecule has 1 saturated carbocycles. The Morgan fingerprint density at radius 3 is 2.18 bits per heavy atom. The van der Waals surface area contributed by atoms with Crippen LogP contribution < -0.4 is 24.0 Å². The zero-order valence-electron chi connectivity index (χ0n) is 34.0. The summed E-state index contributed by atoms with van der Waals surface area (Å²) in [4.78, 5) is 59.7. The molecule has 302 valence electrons. The molecule has 4 amide bonds. The minimum absolute atomic E-state index is 0.0972.